The van der Waals surface area contributed by atoms with Crippen LogP contribution in [0.2, 0.25) is 5.02 Å². The average molecular weight is 404 g/mol. The molecule has 0 bridgehead atoms. The van der Waals surface area contributed by atoms with Gasteiger partial charge in [0.2, 0.25) is 5.91 Å². The van der Waals surface area contributed by atoms with E-state index < -0.39 is 0 Å². The fourth-order valence-corrected chi connectivity index (χ4v) is 4.20. The minimum absolute atomic E-state index is 0.0505. The zero-order valence-electron chi connectivity index (χ0n) is 14.9. The zero-order chi connectivity index (χ0) is 19.0. The third kappa shape index (κ3) is 3.40. The lowest BCUT2D eigenvalue weighted by atomic mass is 10.00. The van der Waals surface area contributed by atoms with E-state index in [-0.39, 0.29) is 11.8 Å². The molecule has 0 radical (unpaired) electrons. The number of carbonyl (C=O) groups is 1. The second-order valence-electron chi connectivity index (χ2n) is 6.24. The van der Waals surface area contributed by atoms with E-state index in [1.54, 1.807) is 43.8 Å². The van der Waals surface area contributed by atoms with Gasteiger partial charge in [-0.05, 0) is 30.3 Å². The van der Waals surface area contributed by atoms with Crippen LogP contribution in [0.15, 0.2) is 36.4 Å². The van der Waals surface area contributed by atoms with Crippen molar-refractivity contribution in [2.45, 2.75) is 0 Å². The first-order valence-electron chi connectivity index (χ1n) is 8.42. The smallest absolute Gasteiger partial charge is 0.231 e. The molecule has 1 N–H and O–H groups in total. The third-order valence-electron chi connectivity index (χ3n) is 4.53. The number of nitrogens with one attached hydrogen (secondary N) is 1. The maximum atomic E-state index is 12.6. The Hall–Kier alpha value is -2.51. The van der Waals surface area contributed by atoms with Gasteiger partial charge in [0.25, 0.3) is 0 Å². The quantitative estimate of drug-likeness (QED) is 0.696. The van der Waals surface area contributed by atoms with Crippen LogP contribution in [0, 0.1) is 5.92 Å². The van der Waals surface area contributed by atoms with Crippen molar-refractivity contribution < 1.29 is 14.3 Å². The van der Waals surface area contributed by atoms with E-state index in [1.165, 1.54) is 0 Å². The van der Waals surface area contributed by atoms with Crippen molar-refractivity contribution in [2.24, 2.45) is 5.92 Å². The summed E-state index contributed by atoms with van der Waals surface area (Å²) in [5.74, 6) is 1.19. The fourth-order valence-electron chi connectivity index (χ4n) is 3.02. The number of thiazole rings is 1. The molecule has 0 spiro atoms. The summed E-state index contributed by atoms with van der Waals surface area (Å²) in [5.41, 5.74) is 1.44. The number of methoxy groups -OCH3 is 2. The monoisotopic (exact) mass is 403 g/mol. The molecular formula is C19H18ClN3O3S. The van der Waals surface area contributed by atoms with Gasteiger partial charge < -0.3 is 19.7 Å². The molecule has 1 aliphatic rings. The lowest BCUT2D eigenvalue weighted by Crippen LogP contribution is -2.52. The molecule has 0 saturated carbocycles. The second-order valence-corrected chi connectivity index (χ2v) is 7.68. The number of hydrogen-bond donors (Lipinski definition) is 1. The predicted octanol–water partition coefficient (Wildman–Crippen LogP) is 4.04. The van der Waals surface area contributed by atoms with Gasteiger partial charge in [0.15, 0.2) is 5.13 Å². The Kier molecular flexibility index (Phi) is 4.80. The molecule has 140 valence electrons. The molecule has 3 aromatic rings. The van der Waals surface area contributed by atoms with Crippen LogP contribution in [0.5, 0.6) is 11.5 Å². The molecule has 27 heavy (non-hydrogen) atoms. The van der Waals surface area contributed by atoms with Crippen LogP contribution in [0.25, 0.3) is 10.2 Å². The molecule has 6 nitrogen and oxygen atoms in total. The summed E-state index contributed by atoms with van der Waals surface area (Å²) in [4.78, 5) is 19.3. The van der Waals surface area contributed by atoms with Crippen LogP contribution < -0.4 is 19.7 Å². The number of rotatable bonds is 5. The number of halogens is 1. The number of anilines is 2. The normalized spacial score (nSPS) is 14.1. The number of benzene rings is 2. The largest absolute Gasteiger partial charge is 0.495 e. The number of amides is 1. The summed E-state index contributed by atoms with van der Waals surface area (Å²) in [6.07, 6.45) is 0. The minimum Gasteiger partial charge on any atom is -0.495 e. The summed E-state index contributed by atoms with van der Waals surface area (Å²) in [7, 11) is 3.20. The SMILES string of the molecule is COc1ccc(Cl)cc1NC(=O)C1CN(c2nc3c(OC)cccc3s2)C1. The summed E-state index contributed by atoms with van der Waals surface area (Å²) in [5, 5.41) is 4.36. The van der Waals surface area contributed by atoms with Gasteiger partial charge in [0.1, 0.15) is 17.0 Å². The van der Waals surface area contributed by atoms with Crippen molar-refractivity contribution in [1.82, 2.24) is 4.98 Å². The number of fused-ring (bicyclic) bond motifs is 1. The molecule has 8 heteroatoms. The van der Waals surface area contributed by atoms with E-state index >= 15 is 0 Å². The van der Waals surface area contributed by atoms with Crippen LogP contribution in [0.1, 0.15) is 0 Å². The molecule has 1 aromatic heterocycles. The lowest BCUT2D eigenvalue weighted by Gasteiger charge is -2.38. The van der Waals surface area contributed by atoms with Gasteiger partial charge in [-0.1, -0.05) is 29.0 Å². The maximum Gasteiger partial charge on any atom is 0.231 e. The summed E-state index contributed by atoms with van der Waals surface area (Å²) >= 11 is 7.62. The first kappa shape index (κ1) is 17.9. The third-order valence-corrected chi connectivity index (χ3v) is 5.85. The van der Waals surface area contributed by atoms with E-state index in [1.807, 2.05) is 18.2 Å². The molecule has 0 aliphatic carbocycles. The van der Waals surface area contributed by atoms with Gasteiger partial charge in [0.05, 0.1) is 30.5 Å². The molecule has 2 heterocycles. The Morgan fingerprint density at radius 1 is 1.22 bits per heavy atom. The first-order chi connectivity index (χ1) is 13.1. The van der Waals surface area contributed by atoms with E-state index in [0.29, 0.717) is 29.5 Å². The van der Waals surface area contributed by atoms with Gasteiger partial charge in [-0.2, -0.15) is 0 Å². The van der Waals surface area contributed by atoms with E-state index in [4.69, 9.17) is 21.1 Å². The van der Waals surface area contributed by atoms with Crippen LogP contribution in [0.4, 0.5) is 10.8 Å². The first-order valence-corrected chi connectivity index (χ1v) is 9.61. The molecule has 1 amide bonds. The van der Waals surface area contributed by atoms with E-state index in [9.17, 15) is 4.79 Å². The van der Waals surface area contributed by atoms with Gasteiger partial charge in [0, 0.05) is 18.1 Å². The van der Waals surface area contributed by atoms with Crippen molar-refractivity contribution >= 4 is 49.9 Å². The molecule has 0 atom stereocenters. The van der Waals surface area contributed by atoms with E-state index in [0.717, 1.165) is 21.1 Å². The average Bonchev–Trinajstić information content (AvgIpc) is 3.04. The van der Waals surface area contributed by atoms with E-state index in [2.05, 4.69) is 15.2 Å². The lowest BCUT2D eigenvalue weighted by molar-refractivity contribution is -0.120. The number of aromatic nitrogens is 1. The number of nitrogens with zero attached hydrogens (tertiary/aromatic N) is 2. The van der Waals surface area contributed by atoms with Crippen LogP contribution in [-0.4, -0.2) is 38.2 Å². The van der Waals surface area contributed by atoms with Crippen LogP contribution in [0.3, 0.4) is 0 Å². The highest BCUT2D eigenvalue weighted by Gasteiger charge is 2.35. The number of hydrogen-bond acceptors (Lipinski definition) is 6. The van der Waals surface area contributed by atoms with Gasteiger partial charge in [-0.25, -0.2) is 4.98 Å². The summed E-state index contributed by atoms with van der Waals surface area (Å²) < 4.78 is 11.7. The fraction of sp³-hybridized carbons (Fsp3) is 0.263. The topological polar surface area (TPSA) is 63.7 Å². The van der Waals surface area contributed by atoms with Crippen LogP contribution >= 0.6 is 22.9 Å². The maximum absolute atomic E-state index is 12.6. The molecule has 1 saturated heterocycles. The van der Waals surface area contributed by atoms with Crippen molar-refractivity contribution in [2.75, 3.05) is 37.5 Å². The molecule has 1 aliphatic heterocycles. The summed E-state index contributed by atoms with van der Waals surface area (Å²) in [6, 6.07) is 11.0. The number of ether oxygens (including phenoxy) is 2. The second kappa shape index (κ2) is 7.25. The molecule has 2 aromatic carbocycles. The highest BCUT2D eigenvalue weighted by molar-refractivity contribution is 7.22. The molecular weight excluding hydrogens is 386 g/mol. The van der Waals surface area contributed by atoms with Crippen molar-refractivity contribution in [3.63, 3.8) is 0 Å². The Bertz CT molecular complexity index is 1000. The van der Waals surface area contributed by atoms with Crippen molar-refractivity contribution in [3.8, 4) is 11.5 Å². The van der Waals surface area contributed by atoms with Gasteiger partial charge in [-0.3, -0.25) is 4.79 Å². The molecule has 0 unspecified atom stereocenters. The molecule has 1 fully saturated rings. The zero-order valence-corrected chi connectivity index (χ0v) is 16.4. The Labute approximate surface area is 165 Å². The Morgan fingerprint density at radius 2 is 2.00 bits per heavy atom. The minimum atomic E-state index is -0.109. The highest BCUT2D eigenvalue weighted by atomic mass is 35.5. The Morgan fingerprint density at radius 3 is 2.74 bits per heavy atom. The van der Waals surface area contributed by atoms with Gasteiger partial charge >= 0.3 is 0 Å². The standard InChI is InChI=1S/C19H18ClN3O3S/c1-25-14-7-6-12(20)8-13(14)21-18(24)11-9-23(10-11)19-22-17-15(26-2)4-3-5-16(17)27-19/h3-8,11H,9-10H2,1-2H3,(H,21,24). The summed E-state index contributed by atoms with van der Waals surface area (Å²) in [6.45, 7) is 1.24. The van der Waals surface area contributed by atoms with Gasteiger partial charge in [-0.15, -0.1) is 0 Å². The Balaban J connectivity index is 1.44. The predicted molar refractivity (Wildman–Crippen MR) is 109 cm³/mol. The highest BCUT2D eigenvalue weighted by Crippen LogP contribution is 2.37. The van der Waals surface area contributed by atoms with Crippen molar-refractivity contribution in [3.05, 3.63) is 41.4 Å². The van der Waals surface area contributed by atoms with Crippen molar-refractivity contribution in [1.29, 1.82) is 0 Å². The number of para-hydroxylation sites is 1. The van der Waals surface area contributed by atoms with Crippen LogP contribution in [-0.2, 0) is 4.79 Å². The molecule has 4 rings (SSSR count). The number of carbonyl (C=O) groups excluding carboxylic acids is 1.